The highest BCUT2D eigenvalue weighted by molar-refractivity contribution is 7.47. The van der Waals surface area contributed by atoms with E-state index >= 15 is 0 Å². The zero-order valence-corrected chi connectivity index (χ0v) is 20.5. The summed E-state index contributed by atoms with van der Waals surface area (Å²) in [7, 11) is -4.34. The van der Waals surface area contributed by atoms with Crippen molar-refractivity contribution in [3.05, 3.63) is 48.6 Å². The number of ether oxygens (including phenoxy) is 2. The standard InChI is InChI=1S/C23H38NO8P/c1-3-4-5-6-7-8-9-10-11-12-13-14-15-16-23(26)32-22(19-29-21(2)25)20-31-33(27,28)30-18-17-24/h4-5,7-8,10-11,13-14,22H,3,6,9,12,15-20,24H2,1-2H3,(H,27,28)/b5-4-,8-7-,11-10-,14-13-. The van der Waals surface area contributed by atoms with Gasteiger partial charge in [0.15, 0.2) is 6.10 Å². The maximum Gasteiger partial charge on any atom is 0.472 e. The molecule has 0 bridgehead atoms. The molecule has 0 aliphatic rings. The molecule has 0 aliphatic heterocycles. The topological polar surface area (TPSA) is 134 Å². The van der Waals surface area contributed by atoms with Gasteiger partial charge < -0.3 is 20.1 Å². The number of carbonyl (C=O) groups is 2. The van der Waals surface area contributed by atoms with E-state index in [1.807, 2.05) is 18.2 Å². The van der Waals surface area contributed by atoms with Crippen LogP contribution in [0.5, 0.6) is 0 Å². The average Bonchev–Trinajstić information content (AvgIpc) is 2.77. The first-order chi connectivity index (χ1) is 15.8. The predicted molar refractivity (Wildman–Crippen MR) is 127 cm³/mol. The third-order valence-corrected chi connectivity index (χ3v) is 4.78. The first-order valence-corrected chi connectivity index (χ1v) is 12.5. The Morgan fingerprint density at radius 1 is 0.939 bits per heavy atom. The van der Waals surface area contributed by atoms with E-state index < -0.39 is 32.5 Å². The first-order valence-electron chi connectivity index (χ1n) is 11.1. The number of allylic oxidation sites excluding steroid dienone is 8. The van der Waals surface area contributed by atoms with Gasteiger partial charge in [-0.25, -0.2) is 4.57 Å². The molecule has 0 aliphatic carbocycles. The lowest BCUT2D eigenvalue weighted by Crippen LogP contribution is -2.29. The summed E-state index contributed by atoms with van der Waals surface area (Å²) < 4.78 is 31.1. The molecule has 0 heterocycles. The van der Waals surface area contributed by atoms with Crippen molar-refractivity contribution < 1.29 is 37.6 Å². The minimum atomic E-state index is -4.34. The van der Waals surface area contributed by atoms with Gasteiger partial charge in [0.2, 0.25) is 0 Å². The zero-order valence-electron chi connectivity index (χ0n) is 19.6. The third kappa shape index (κ3) is 21.6. The van der Waals surface area contributed by atoms with Gasteiger partial charge in [0.05, 0.1) is 13.2 Å². The van der Waals surface area contributed by atoms with E-state index in [2.05, 4.69) is 41.8 Å². The number of phosphoric ester groups is 1. The lowest BCUT2D eigenvalue weighted by atomic mass is 10.2. The van der Waals surface area contributed by atoms with Crippen LogP contribution in [0.3, 0.4) is 0 Å². The highest BCUT2D eigenvalue weighted by atomic mass is 31.2. The molecule has 2 unspecified atom stereocenters. The molecule has 0 amide bonds. The first kappa shape index (κ1) is 31.0. The summed E-state index contributed by atoms with van der Waals surface area (Å²) in [5, 5.41) is 0. The number of esters is 2. The molecule has 33 heavy (non-hydrogen) atoms. The van der Waals surface area contributed by atoms with Gasteiger partial charge in [-0.05, 0) is 32.1 Å². The molecule has 0 saturated heterocycles. The fraction of sp³-hybridized carbons (Fsp3) is 0.565. The van der Waals surface area contributed by atoms with Gasteiger partial charge in [-0.1, -0.05) is 55.5 Å². The van der Waals surface area contributed by atoms with Crippen molar-refractivity contribution in [1.29, 1.82) is 0 Å². The monoisotopic (exact) mass is 487 g/mol. The molecule has 3 N–H and O–H groups in total. The summed E-state index contributed by atoms with van der Waals surface area (Å²) in [4.78, 5) is 32.6. The fourth-order valence-corrected chi connectivity index (χ4v) is 3.02. The molecular formula is C23H38NO8P. The lowest BCUT2D eigenvalue weighted by Gasteiger charge is -2.19. The normalized spacial score (nSPS) is 14.9. The van der Waals surface area contributed by atoms with Gasteiger partial charge in [-0.2, -0.15) is 0 Å². The highest BCUT2D eigenvalue weighted by Gasteiger charge is 2.25. The maximum atomic E-state index is 12.0. The van der Waals surface area contributed by atoms with Gasteiger partial charge in [-0.3, -0.25) is 18.6 Å². The minimum Gasteiger partial charge on any atom is -0.462 e. The Morgan fingerprint density at radius 2 is 1.52 bits per heavy atom. The summed E-state index contributed by atoms with van der Waals surface area (Å²) in [5.74, 6) is -1.13. The van der Waals surface area contributed by atoms with E-state index in [0.717, 1.165) is 25.7 Å². The zero-order chi connectivity index (χ0) is 24.8. The molecule has 0 aromatic heterocycles. The Kier molecular flexibility index (Phi) is 19.3. The number of rotatable bonds is 19. The van der Waals surface area contributed by atoms with Crippen LogP contribution in [0.4, 0.5) is 0 Å². The van der Waals surface area contributed by atoms with Crippen LogP contribution in [0.1, 0.15) is 52.4 Å². The largest absolute Gasteiger partial charge is 0.472 e. The van der Waals surface area contributed by atoms with E-state index in [4.69, 9.17) is 19.7 Å². The molecule has 9 nitrogen and oxygen atoms in total. The summed E-state index contributed by atoms with van der Waals surface area (Å²) in [6.45, 7) is 2.40. The Hall–Kier alpha value is -2.03. The van der Waals surface area contributed by atoms with Gasteiger partial charge in [0.1, 0.15) is 6.61 Å². The van der Waals surface area contributed by atoms with E-state index in [-0.39, 0.29) is 26.2 Å². The van der Waals surface area contributed by atoms with Crippen molar-refractivity contribution in [2.75, 3.05) is 26.4 Å². The molecule has 0 fully saturated rings. The maximum absolute atomic E-state index is 12.0. The number of phosphoric acid groups is 1. The van der Waals surface area contributed by atoms with Crippen LogP contribution in [0, 0.1) is 0 Å². The van der Waals surface area contributed by atoms with Gasteiger partial charge in [-0.15, -0.1) is 0 Å². The van der Waals surface area contributed by atoms with Crippen molar-refractivity contribution in [3.8, 4) is 0 Å². The molecular weight excluding hydrogens is 449 g/mol. The average molecular weight is 488 g/mol. The van der Waals surface area contributed by atoms with Crippen LogP contribution in [0.2, 0.25) is 0 Å². The second kappa shape index (κ2) is 20.6. The summed E-state index contributed by atoms with van der Waals surface area (Å²) >= 11 is 0. The smallest absolute Gasteiger partial charge is 0.462 e. The van der Waals surface area contributed by atoms with Gasteiger partial charge in [0.25, 0.3) is 0 Å². The van der Waals surface area contributed by atoms with E-state index in [1.54, 1.807) is 0 Å². The van der Waals surface area contributed by atoms with Gasteiger partial charge in [0, 0.05) is 19.9 Å². The second-order valence-electron chi connectivity index (χ2n) is 6.84. The number of hydrogen-bond donors (Lipinski definition) is 2. The molecule has 10 heteroatoms. The molecule has 0 aromatic carbocycles. The molecule has 0 spiro atoms. The SMILES string of the molecule is CC/C=C\C/C=C\C/C=C\C/C=C\CCC(=O)OC(COC(C)=O)COP(=O)(O)OCCN. The van der Waals surface area contributed by atoms with E-state index in [0.29, 0.717) is 6.42 Å². The Morgan fingerprint density at radius 3 is 2.06 bits per heavy atom. The Bertz CT molecular complexity index is 703. The van der Waals surface area contributed by atoms with Crippen molar-refractivity contribution in [2.24, 2.45) is 5.73 Å². The molecule has 0 saturated carbocycles. The van der Waals surface area contributed by atoms with Crippen LogP contribution in [0.15, 0.2) is 48.6 Å². The van der Waals surface area contributed by atoms with Crippen LogP contribution in [-0.4, -0.2) is 49.3 Å². The van der Waals surface area contributed by atoms with Crippen LogP contribution < -0.4 is 5.73 Å². The minimum absolute atomic E-state index is 0.0388. The van der Waals surface area contributed by atoms with Crippen molar-refractivity contribution >= 4 is 19.8 Å². The highest BCUT2D eigenvalue weighted by Crippen LogP contribution is 2.43. The second-order valence-corrected chi connectivity index (χ2v) is 8.29. The van der Waals surface area contributed by atoms with Crippen LogP contribution >= 0.6 is 7.82 Å². The van der Waals surface area contributed by atoms with E-state index in [1.165, 1.54) is 6.92 Å². The van der Waals surface area contributed by atoms with Crippen molar-refractivity contribution in [1.82, 2.24) is 0 Å². The van der Waals surface area contributed by atoms with Crippen LogP contribution in [0.25, 0.3) is 0 Å². The van der Waals surface area contributed by atoms with Crippen molar-refractivity contribution in [2.45, 2.75) is 58.5 Å². The quantitative estimate of drug-likeness (QED) is 0.157. The molecule has 188 valence electrons. The molecule has 0 aromatic rings. The van der Waals surface area contributed by atoms with Crippen LogP contribution in [-0.2, 0) is 32.7 Å². The molecule has 0 radical (unpaired) electrons. The Balaban J connectivity index is 4.25. The lowest BCUT2D eigenvalue weighted by molar-refractivity contribution is -0.160. The predicted octanol–water partition coefficient (Wildman–Crippen LogP) is 4.14. The number of carbonyl (C=O) groups excluding carboxylic acids is 2. The summed E-state index contributed by atoms with van der Waals surface area (Å²) in [6.07, 6.45) is 19.7. The Labute approximate surface area is 196 Å². The summed E-state index contributed by atoms with van der Waals surface area (Å²) in [6, 6.07) is 0. The molecule has 0 rings (SSSR count). The molecule has 2 atom stereocenters. The number of hydrogen-bond acceptors (Lipinski definition) is 8. The number of nitrogens with two attached hydrogens (primary N) is 1. The fourth-order valence-electron chi connectivity index (χ4n) is 2.25. The van der Waals surface area contributed by atoms with Crippen molar-refractivity contribution in [3.63, 3.8) is 0 Å². The summed E-state index contributed by atoms with van der Waals surface area (Å²) in [5.41, 5.74) is 5.21. The van der Waals surface area contributed by atoms with E-state index in [9.17, 15) is 19.0 Å². The third-order valence-electron chi connectivity index (χ3n) is 3.80. The van der Waals surface area contributed by atoms with Gasteiger partial charge >= 0.3 is 19.8 Å².